The second-order valence-electron chi connectivity index (χ2n) is 3.81. The molecule has 0 atom stereocenters. The zero-order chi connectivity index (χ0) is 11.6. The molecule has 0 saturated carbocycles. The molecule has 82 valence electrons. The first-order valence-electron chi connectivity index (χ1n) is 4.91. The predicted molar refractivity (Wildman–Crippen MR) is 60.2 cm³/mol. The van der Waals surface area contributed by atoms with E-state index in [2.05, 4.69) is 6.58 Å². The molecule has 0 radical (unpaired) electrons. The van der Waals surface area contributed by atoms with Crippen molar-refractivity contribution in [2.24, 2.45) is 7.05 Å². The Bertz CT molecular complexity index is 480. The highest BCUT2D eigenvalue weighted by atomic mass is 16.2. The van der Waals surface area contributed by atoms with Crippen LogP contribution in [0.25, 0.3) is 0 Å². The Morgan fingerprint density at radius 3 is 2.53 bits per heavy atom. The van der Waals surface area contributed by atoms with Crippen LogP contribution in [0.3, 0.4) is 0 Å². The number of aryl methyl sites for hydroxylation is 1. The maximum absolute atomic E-state index is 11.9. The molecule has 0 saturated heterocycles. The van der Waals surface area contributed by atoms with Gasteiger partial charge in [0, 0.05) is 24.8 Å². The van der Waals surface area contributed by atoms with Crippen LogP contribution in [0.5, 0.6) is 0 Å². The standard InChI is InChI=1S/C11H16N2O2/c1-5-6-9-7-12(4)11(15)13(8(2)3)10(9)14/h5,7-8H,1,6H2,2-4H3. The Morgan fingerprint density at radius 1 is 1.47 bits per heavy atom. The van der Waals surface area contributed by atoms with Gasteiger partial charge in [-0.1, -0.05) is 6.08 Å². The van der Waals surface area contributed by atoms with E-state index < -0.39 is 0 Å². The van der Waals surface area contributed by atoms with Gasteiger partial charge in [-0.15, -0.1) is 6.58 Å². The molecular weight excluding hydrogens is 192 g/mol. The summed E-state index contributed by atoms with van der Waals surface area (Å²) in [5, 5.41) is 0. The van der Waals surface area contributed by atoms with Crippen LogP contribution < -0.4 is 11.2 Å². The number of allylic oxidation sites excluding steroid dienone is 1. The van der Waals surface area contributed by atoms with Crippen molar-refractivity contribution in [2.75, 3.05) is 0 Å². The molecule has 0 unspecified atom stereocenters. The summed E-state index contributed by atoms with van der Waals surface area (Å²) < 4.78 is 2.69. The SMILES string of the molecule is C=CCc1cn(C)c(=O)n(C(C)C)c1=O. The Morgan fingerprint density at radius 2 is 2.07 bits per heavy atom. The minimum atomic E-state index is -0.275. The molecule has 4 heteroatoms. The fourth-order valence-electron chi connectivity index (χ4n) is 1.51. The van der Waals surface area contributed by atoms with Crippen molar-refractivity contribution >= 4 is 0 Å². The summed E-state index contributed by atoms with van der Waals surface area (Å²) in [5.74, 6) is 0. The molecule has 0 aromatic carbocycles. The number of hydrogen-bond donors (Lipinski definition) is 0. The minimum Gasteiger partial charge on any atom is -0.303 e. The molecule has 0 aliphatic heterocycles. The van der Waals surface area contributed by atoms with Gasteiger partial charge in [0.1, 0.15) is 0 Å². The lowest BCUT2D eigenvalue weighted by atomic mass is 10.2. The quantitative estimate of drug-likeness (QED) is 0.691. The van der Waals surface area contributed by atoms with Crippen LogP contribution in [-0.2, 0) is 13.5 Å². The summed E-state index contributed by atoms with van der Waals surface area (Å²) in [5.41, 5.74) is 0.108. The van der Waals surface area contributed by atoms with Crippen LogP contribution in [0.1, 0.15) is 25.5 Å². The molecule has 0 aliphatic rings. The summed E-state index contributed by atoms with van der Waals surface area (Å²) in [6, 6.07) is -0.124. The molecule has 1 aromatic heterocycles. The summed E-state index contributed by atoms with van der Waals surface area (Å²) in [6.45, 7) is 7.23. The molecule has 0 amide bonds. The lowest BCUT2D eigenvalue weighted by Crippen LogP contribution is -2.41. The maximum Gasteiger partial charge on any atom is 0.330 e. The number of hydrogen-bond acceptors (Lipinski definition) is 2. The molecular formula is C11H16N2O2. The van der Waals surface area contributed by atoms with Gasteiger partial charge >= 0.3 is 5.69 Å². The van der Waals surface area contributed by atoms with Gasteiger partial charge in [-0.25, -0.2) is 4.79 Å². The van der Waals surface area contributed by atoms with Crippen LogP contribution >= 0.6 is 0 Å². The summed E-state index contributed by atoms with van der Waals surface area (Å²) >= 11 is 0. The van der Waals surface area contributed by atoms with Crippen LogP contribution in [0.2, 0.25) is 0 Å². The average Bonchev–Trinajstić information content (AvgIpc) is 2.14. The smallest absolute Gasteiger partial charge is 0.303 e. The average molecular weight is 208 g/mol. The van der Waals surface area contributed by atoms with E-state index in [0.29, 0.717) is 12.0 Å². The Balaban J connectivity index is 3.56. The fraction of sp³-hybridized carbons (Fsp3) is 0.455. The minimum absolute atomic E-state index is 0.124. The first kappa shape index (κ1) is 11.5. The lowest BCUT2D eigenvalue weighted by molar-refractivity contribution is 0.517. The molecule has 1 rings (SSSR count). The van der Waals surface area contributed by atoms with E-state index in [1.165, 1.54) is 9.13 Å². The third-order valence-corrected chi connectivity index (χ3v) is 2.23. The van der Waals surface area contributed by atoms with E-state index in [1.54, 1.807) is 19.3 Å². The van der Waals surface area contributed by atoms with Gasteiger partial charge < -0.3 is 4.57 Å². The monoisotopic (exact) mass is 208 g/mol. The molecule has 1 aromatic rings. The van der Waals surface area contributed by atoms with E-state index in [9.17, 15) is 9.59 Å². The van der Waals surface area contributed by atoms with Crippen LogP contribution in [-0.4, -0.2) is 9.13 Å². The summed E-state index contributed by atoms with van der Waals surface area (Å²) in [6.07, 6.45) is 3.72. The van der Waals surface area contributed by atoms with Crippen molar-refractivity contribution in [3.8, 4) is 0 Å². The zero-order valence-electron chi connectivity index (χ0n) is 9.36. The van der Waals surface area contributed by atoms with E-state index in [4.69, 9.17) is 0 Å². The number of rotatable bonds is 3. The van der Waals surface area contributed by atoms with Crippen molar-refractivity contribution < 1.29 is 0 Å². The van der Waals surface area contributed by atoms with Crippen molar-refractivity contribution in [3.63, 3.8) is 0 Å². The van der Waals surface area contributed by atoms with Crippen LogP contribution in [0.4, 0.5) is 0 Å². The van der Waals surface area contributed by atoms with Gasteiger partial charge in [-0.05, 0) is 20.3 Å². The van der Waals surface area contributed by atoms with Crippen molar-refractivity contribution in [2.45, 2.75) is 26.3 Å². The highest BCUT2D eigenvalue weighted by molar-refractivity contribution is 5.09. The molecule has 0 spiro atoms. The molecule has 0 fully saturated rings. The summed E-state index contributed by atoms with van der Waals surface area (Å²) in [7, 11) is 1.65. The molecule has 15 heavy (non-hydrogen) atoms. The van der Waals surface area contributed by atoms with Crippen molar-refractivity contribution in [3.05, 3.63) is 45.3 Å². The van der Waals surface area contributed by atoms with E-state index >= 15 is 0 Å². The van der Waals surface area contributed by atoms with Crippen molar-refractivity contribution in [1.29, 1.82) is 0 Å². The Labute approximate surface area is 88.5 Å². The van der Waals surface area contributed by atoms with Gasteiger partial charge in [-0.2, -0.15) is 0 Å². The second kappa shape index (κ2) is 4.29. The zero-order valence-corrected chi connectivity index (χ0v) is 9.36. The lowest BCUT2D eigenvalue weighted by Gasteiger charge is -2.12. The highest BCUT2D eigenvalue weighted by Gasteiger charge is 2.10. The van der Waals surface area contributed by atoms with Gasteiger partial charge in [0.05, 0.1) is 0 Å². The van der Waals surface area contributed by atoms with Gasteiger partial charge in [0.2, 0.25) is 0 Å². The molecule has 1 heterocycles. The van der Waals surface area contributed by atoms with Crippen molar-refractivity contribution in [1.82, 2.24) is 9.13 Å². The maximum atomic E-state index is 11.9. The van der Waals surface area contributed by atoms with Crippen LogP contribution in [0.15, 0.2) is 28.4 Å². The fourth-order valence-corrected chi connectivity index (χ4v) is 1.51. The van der Waals surface area contributed by atoms with E-state index in [1.807, 2.05) is 13.8 Å². The third-order valence-electron chi connectivity index (χ3n) is 2.23. The van der Waals surface area contributed by atoms with Gasteiger partial charge in [0.15, 0.2) is 0 Å². The molecule has 0 bridgehead atoms. The molecule has 0 N–H and O–H groups in total. The highest BCUT2D eigenvalue weighted by Crippen LogP contribution is 1.97. The summed E-state index contributed by atoms with van der Waals surface area (Å²) in [4.78, 5) is 23.6. The predicted octanol–water partition coefficient (Wildman–Crippen LogP) is 0.856. The normalized spacial score (nSPS) is 10.7. The van der Waals surface area contributed by atoms with E-state index in [-0.39, 0.29) is 17.3 Å². The molecule has 4 nitrogen and oxygen atoms in total. The first-order valence-corrected chi connectivity index (χ1v) is 4.91. The topological polar surface area (TPSA) is 44.0 Å². The third kappa shape index (κ3) is 2.09. The largest absolute Gasteiger partial charge is 0.330 e. The molecule has 0 aliphatic carbocycles. The van der Waals surface area contributed by atoms with Gasteiger partial charge in [0.25, 0.3) is 5.56 Å². The van der Waals surface area contributed by atoms with Gasteiger partial charge in [-0.3, -0.25) is 9.36 Å². The van der Waals surface area contributed by atoms with Crippen LogP contribution in [0, 0.1) is 0 Å². The Hall–Kier alpha value is -1.58. The van der Waals surface area contributed by atoms with E-state index in [0.717, 1.165) is 0 Å². The Kier molecular flexibility index (Phi) is 3.29. The second-order valence-corrected chi connectivity index (χ2v) is 3.81. The first-order chi connectivity index (χ1) is 6.99. The number of aromatic nitrogens is 2. The number of nitrogens with zero attached hydrogens (tertiary/aromatic N) is 2.